The highest BCUT2D eigenvalue weighted by atomic mass is 16.5. The summed E-state index contributed by atoms with van der Waals surface area (Å²) >= 11 is 0. The topological polar surface area (TPSA) is 73.6 Å². The Labute approximate surface area is 89.2 Å². The van der Waals surface area contributed by atoms with Gasteiger partial charge in [0, 0.05) is 25.6 Å². The van der Waals surface area contributed by atoms with Gasteiger partial charge in [-0.25, -0.2) is 0 Å². The number of hydrogen-bond donors (Lipinski definition) is 1. The third kappa shape index (κ3) is 4.28. The van der Waals surface area contributed by atoms with Crippen LogP contribution in [0.15, 0.2) is 0 Å². The number of nitriles is 1. The van der Waals surface area contributed by atoms with Crippen molar-refractivity contribution in [3.05, 3.63) is 0 Å². The number of aliphatic carboxylic acids is 1. The van der Waals surface area contributed by atoms with Crippen molar-refractivity contribution in [3.8, 4) is 6.07 Å². The van der Waals surface area contributed by atoms with Gasteiger partial charge >= 0.3 is 5.97 Å². The van der Waals surface area contributed by atoms with Crippen LogP contribution in [0.3, 0.4) is 0 Å². The highest BCUT2D eigenvalue weighted by molar-refractivity contribution is 5.66. The molecule has 1 atom stereocenters. The Kier molecular flexibility index (Phi) is 5.08. The van der Waals surface area contributed by atoms with E-state index in [0.717, 1.165) is 13.0 Å². The summed E-state index contributed by atoms with van der Waals surface area (Å²) in [5.74, 6) is -0.777. The second kappa shape index (κ2) is 6.38. The summed E-state index contributed by atoms with van der Waals surface area (Å²) in [5, 5.41) is 17.1. The van der Waals surface area contributed by atoms with Crippen LogP contribution in [0.25, 0.3) is 0 Å². The normalized spacial score (nSPS) is 22.2. The highest BCUT2D eigenvalue weighted by Gasteiger charge is 2.22. The Balaban J connectivity index is 2.36. The van der Waals surface area contributed by atoms with Gasteiger partial charge in [-0.1, -0.05) is 0 Å². The molecule has 0 aromatic carbocycles. The number of ether oxygens (including phenoxy) is 1. The van der Waals surface area contributed by atoms with E-state index < -0.39 is 5.97 Å². The summed E-state index contributed by atoms with van der Waals surface area (Å²) in [6.45, 7) is 2.59. The maximum absolute atomic E-state index is 10.5. The van der Waals surface area contributed by atoms with Crippen LogP contribution >= 0.6 is 0 Å². The Bertz CT molecular complexity index is 250. The first-order valence-electron chi connectivity index (χ1n) is 5.14. The first-order valence-corrected chi connectivity index (χ1v) is 5.14. The van der Waals surface area contributed by atoms with Gasteiger partial charge in [-0.15, -0.1) is 0 Å². The molecule has 1 aliphatic heterocycles. The zero-order valence-electron chi connectivity index (χ0n) is 8.69. The van der Waals surface area contributed by atoms with Crippen LogP contribution in [-0.2, 0) is 9.53 Å². The van der Waals surface area contributed by atoms with Crippen molar-refractivity contribution in [1.82, 2.24) is 4.90 Å². The Morgan fingerprint density at radius 1 is 1.67 bits per heavy atom. The van der Waals surface area contributed by atoms with Gasteiger partial charge in [0.25, 0.3) is 0 Å². The van der Waals surface area contributed by atoms with Crippen LogP contribution in [-0.4, -0.2) is 48.3 Å². The Morgan fingerprint density at radius 2 is 2.47 bits per heavy atom. The Hall–Kier alpha value is -1.12. The number of hydrogen-bond acceptors (Lipinski definition) is 4. The molecule has 1 unspecified atom stereocenters. The monoisotopic (exact) mass is 212 g/mol. The third-order valence-electron chi connectivity index (χ3n) is 2.55. The molecule has 0 amide bonds. The van der Waals surface area contributed by atoms with Crippen molar-refractivity contribution in [2.45, 2.75) is 25.3 Å². The maximum atomic E-state index is 10.5. The van der Waals surface area contributed by atoms with Crippen molar-refractivity contribution in [3.63, 3.8) is 0 Å². The minimum atomic E-state index is -0.777. The number of carboxylic acids is 1. The molecule has 1 fully saturated rings. The van der Waals surface area contributed by atoms with E-state index in [1.54, 1.807) is 0 Å². The molecule has 0 aromatic rings. The number of carboxylic acid groups (broad SMARTS) is 1. The summed E-state index contributed by atoms with van der Waals surface area (Å²) in [7, 11) is 0. The van der Waals surface area contributed by atoms with Crippen molar-refractivity contribution >= 4 is 5.97 Å². The highest BCUT2D eigenvalue weighted by Crippen LogP contribution is 2.12. The van der Waals surface area contributed by atoms with Crippen molar-refractivity contribution in [2.24, 2.45) is 0 Å². The fraction of sp³-hybridized carbons (Fsp3) is 0.800. The Morgan fingerprint density at radius 3 is 3.13 bits per heavy atom. The van der Waals surface area contributed by atoms with E-state index in [2.05, 4.69) is 11.0 Å². The summed E-state index contributed by atoms with van der Waals surface area (Å²) in [6.07, 6.45) is 1.41. The maximum Gasteiger partial charge on any atom is 0.304 e. The second-order valence-corrected chi connectivity index (χ2v) is 3.61. The zero-order chi connectivity index (χ0) is 11.1. The van der Waals surface area contributed by atoms with E-state index >= 15 is 0 Å². The molecule has 0 aliphatic carbocycles. The van der Waals surface area contributed by atoms with Gasteiger partial charge in [0.1, 0.15) is 0 Å². The van der Waals surface area contributed by atoms with E-state index in [0.29, 0.717) is 26.2 Å². The molecule has 0 aromatic heterocycles. The van der Waals surface area contributed by atoms with Gasteiger partial charge in [0.15, 0.2) is 0 Å². The molecule has 5 nitrogen and oxygen atoms in total. The molecule has 84 valence electrons. The molecule has 1 heterocycles. The quantitative estimate of drug-likeness (QED) is 0.717. The van der Waals surface area contributed by atoms with Crippen LogP contribution in [0.4, 0.5) is 0 Å². The van der Waals surface area contributed by atoms with Crippen molar-refractivity contribution in [2.75, 3.05) is 26.3 Å². The fourth-order valence-corrected chi connectivity index (χ4v) is 1.72. The van der Waals surface area contributed by atoms with Gasteiger partial charge in [-0.05, 0) is 6.42 Å². The molecule has 0 radical (unpaired) electrons. The molecule has 1 N–H and O–H groups in total. The minimum absolute atomic E-state index is 0.156. The lowest BCUT2D eigenvalue weighted by atomic mass is 10.1. The van der Waals surface area contributed by atoms with Crippen LogP contribution in [0.5, 0.6) is 0 Å². The average Bonchev–Trinajstić information content (AvgIpc) is 2.24. The summed E-state index contributed by atoms with van der Waals surface area (Å²) in [4.78, 5) is 12.6. The summed E-state index contributed by atoms with van der Waals surface area (Å²) in [5.41, 5.74) is 0. The SMILES string of the molecule is N#CCCC1COCCN1CCC(=O)O. The summed E-state index contributed by atoms with van der Waals surface area (Å²) in [6, 6.07) is 2.31. The van der Waals surface area contributed by atoms with Gasteiger partial charge in [-0.2, -0.15) is 5.26 Å². The molecule has 1 saturated heterocycles. The summed E-state index contributed by atoms with van der Waals surface area (Å²) < 4.78 is 5.32. The van der Waals surface area contributed by atoms with Gasteiger partial charge in [0.05, 0.1) is 25.7 Å². The predicted molar refractivity (Wildman–Crippen MR) is 53.3 cm³/mol. The van der Waals surface area contributed by atoms with Crippen LogP contribution in [0, 0.1) is 11.3 Å². The van der Waals surface area contributed by atoms with Crippen LogP contribution in [0.1, 0.15) is 19.3 Å². The lowest BCUT2D eigenvalue weighted by molar-refractivity contribution is -0.137. The van der Waals surface area contributed by atoms with E-state index in [1.807, 2.05) is 0 Å². The molecule has 15 heavy (non-hydrogen) atoms. The smallest absolute Gasteiger partial charge is 0.304 e. The zero-order valence-corrected chi connectivity index (χ0v) is 8.69. The lowest BCUT2D eigenvalue weighted by Crippen LogP contribution is -2.46. The van der Waals surface area contributed by atoms with Gasteiger partial charge in [0.2, 0.25) is 0 Å². The van der Waals surface area contributed by atoms with Gasteiger partial charge < -0.3 is 9.84 Å². The van der Waals surface area contributed by atoms with Gasteiger partial charge in [-0.3, -0.25) is 9.69 Å². The van der Waals surface area contributed by atoms with Crippen LogP contribution < -0.4 is 0 Å². The van der Waals surface area contributed by atoms with E-state index in [1.165, 1.54) is 0 Å². The lowest BCUT2D eigenvalue weighted by Gasteiger charge is -2.34. The van der Waals surface area contributed by atoms with E-state index in [-0.39, 0.29) is 12.5 Å². The molecular weight excluding hydrogens is 196 g/mol. The number of morpholine rings is 1. The second-order valence-electron chi connectivity index (χ2n) is 3.61. The largest absolute Gasteiger partial charge is 0.481 e. The van der Waals surface area contributed by atoms with E-state index in [9.17, 15) is 4.79 Å². The molecule has 1 rings (SSSR count). The molecule has 0 saturated carbocycles. The molecule has 0 bridgehead atoms. The number of rotatable bonds is 5. The average molecular weight is 212 g/mol. The van der Waals surface area contributed by atoms with Crippen molar-refractivity contribution < 1.29 is 14.6 Å². The predicted octanol–water partition coefficient (Wildman–Crippen LogP) is 0.466. The minimum Gasteiger partial charge on any atom is -0.481 e. The molecule has 0 spiro atoms. The fourth-order valence-electron chi connectivity index (χ4n) is 1.72. The first-order chi connectivity index (χ1) is 7.24. The van der Waals surface area contributed by atoms with Crippen molar-refractivity contribution in [1.29, 1.82) is 5.26 Å². The van der Waals surface area contributed by atoms with E-state index in [4.69, 9.17) is 15.1 Å². The number of nitrogens with zero attached hydrogens (tertiary/aromatic N) is 2. The van der Waals surface area contributed by atoms with Crippen LogP contribution in [0.2, 0.25) is 0 Å². The molecule has 5 heteroatoms. The molecular formula is C10H16N2O3. The first kappa shape index (κ1) is 12.0. The molecule has 1 aliphatic rings. The number of carbonyl (C=O) groups is 1. The standard InChI is InChI=1S/C10H16N2O3/c11-4-1-2-9-8-15-7-6-12(9)5-3-10(13)14/h9H,1-3,5-8H2,(H,13,14). The third-order valence-corrected chi connectivity index (χ3v) is 2.55.